The van der Waals surface area contributed by atoms with Gasteiger partial charge in [-0.05, 0) is 18.6 Å². The highest BCUT2D eigenvalue weighted by atomic mass is 32.2. The van der Waals surface area contributed by atoms with Crippen molar-refractivity contribution >= 4 is 17.4 Å². The molecular formula is C13H21NS. The molecule has 0 spiro atoms. The first-order valence-corrected chi connectivity index (χ1v) is 6.61. The van der Waals surface area contributed by atoms with E-state index in [2.05, 4.69) is 62.1 Å². The van der Waals surface area contributed by atoms with Gasteiger partial charge in [-0.2, -0.15) is 11.8 Å². The van der Waals surface area contributed by atoms with Gasteiger partial charge in [0.05, 0.1) is 0 Å². The highest BCUT2D eigenvalue weighted by Crippen LogP contribution is 2.20. The SMILES string of the molecule is CCC(C)SC(C)CNc1ccccc1. The molecule has 0 aliphatic heterocycles. The summed E-state index contributed by atoms with van der Waals surface area (Å²) in [5, 5.41) is 4.88. The van der Waals surface area contributed by atoms with Gasteiger partial charge in [0.1, 0.15) is 0 Å². The number of para-hydroxylation sites is 1. The number of anilines is 1. The molecule has 2 heteroatoms. The maximum Gasteiger partial charge on any atom is 0.0340 e. The average Bonchev–Trinajstić information content (AvgIpc) is 2.27. The van der Waals surface area contributed by atoms with Gasteiger partial charge in [0.25, 0.3) is 0 Å². The lowest BCUT2D eigenvalue weighted by atomic mass is 10.3. The van der Waals surface area contributed by atoms with Gasteiger partial charge < -0.3 is 5.32 Å². The second-order valence-corrected chi connectivity index (χ2v) is 5.79. The van der Waals surface area contributed by atoms with Gasteiger partial charge in [0.2, 0.25) is 0 Å². The van der Waals surface area contributed by atoms with Crippen molar-refractivity contribution in [3.8, 4) is 0 Å². The van der Waals surface area contributed by atoms with Crippen LogP contribution in [0, 0.1) is 0 Å². The maximum absolute atomic E-state index is 3.45. The molecule has 15 heavy (non-hydrogen) atoms. The monoisotopic (exact) mass is 223 g/mol. The number of nitrogens with one attached hydrogen (secondary N) is 1. The molecule has 0 amide bonds. The van der Waals surface area contributed by atoms with E-state index in [-0.39, 0.29) is 0 Å². The van der Waals surface area contributed by atoms with Crippen LogP contribution >= 0.6 is 11.8 Å². The van der Waals surface area contributed by atoms with Crippen molar-refractivity contribution in [1.82, 2.24) is 0 Å². The number of hydrogen-bond acceptors (Lipinski definition) is 2. The standard InChI is InChI=1S/C13H21NS/c1-4-11(2)15-12(3)10-14-13-8-6-5-7-9-13/h5-9,11-12,14H,4,10H2,1-3H3. The summed E-state index contributed by atoms with van der Waals surface area (Å²) in [6, 6.07) is 10.4. The summed E-state index contributed by atoms with van der Waals surface area (Å²) in [6.45, 7) is 7.87. The molecule has 0 aromatic heterocycles. The van der Waals surface area contributed by atoms with Crippen molar-refractivity contribution in [2.45, 2.75) is 37.7 Å². The first-order chi connectivity index (χ1) is 7.22. The molecule has 2 atom stereocenters. The van der Waals surface area contributed by atoms with E-state index in [9.17, 15) is 0 Å². The van der Waals surface area contributed by atoms with Crippen molar-refractivity contribution in [2.75, 3.05) is 11.9 Å². The zero-order valence-corrected chi connectivity index (χ0v) is 10.7. The first kappa shape index (κ1) is 12.4. The summed E-state index contributed by atoms with van der Waals surface area (Å²) >= 11 is 2.06. The van der Waals surface area contributed by atoms with E-state index in [0.717, 1.165) is 11.8 Å². The molecule has 0 radical (unpaired) electrons. The minimum atomic E-state index is 0.667. The fourth-order valence-corrected chi connectivity index (χ4v) is 2.52. The summed E-state index contributed by atoms with van der Waals surface area (Å²) in [7, 11) is 0. The number of rotatable bonds is 6. The molecule has 2 unspecified atom stereocenters. The van der Waals surface area contributed by atoms with Gasteiger partial charge in [-0.25, -0.2) is 0 Å². The molecule has 84 valence electrons. The molecule has 0 heterocycles. The smallest absolute Gasteiger partial charge is 0.0340 e. The molecule has 0 fully saturated rings. The van der Waals surface area contributed by atoms with Crippen molar-refractivity contribution in [3.63, 3.8) is 0 Å². The van der Waals surface area contributed by atoms with E-state index in [0.29, 0.717) is 5.25 Å². The van der Waals surface area contributed by atoms with Gasteiger partial charge in [-0.15, -0.1) is 0 Å². The Kier molecular flexibility index (Phi) is 5.62. The highest BCUT2D eigenvalue weighted by molar-refractivity contribution is 8.00. The molecule has 0 saturated carbocycles. The fourth-order valence-electron chi connectivity index (χ4n) is 1.36. The molecular weight excluding hydrogens is 202 g/mol. The summed E-state index contributed by atoms with van der Waals surface area (Å²) in [5.41, 5.74) is 1.22. The van der Waals surface area contributed by atoms with Crippen LogP contribution in [0.15, 0.2) is 30.3 Å². The zero-order valence-electron chi connectivity index (χ0n) is 9.86. The van der Waals surface area contributed by atoms with E-state index >= 15 is 0 Å². The predicted octanol–water partition coefficient (Wildman–Crippen LogP) is 4.02. The third-order valence-corrected chi connectivity index (χ3v) is 3.84. The average molecular weight is 223 g/mol. The van der Waals surface area contributed by atoms with Crippen LogP contribution in [0.5, 0.6) is 0 Å². The van der Waals surface area contributed by atoms with Crippen LogP contribution in [0.2, 0.25) is 0 Å². The lowest BCUT2D eigenvalue weighted by Gasteiger charge is -2.16. The summed E-state index contributed by atoms with van der Waals surface area (Å²) in [6.07, 6.45) is 1.25. The summed E-state index contributed by atoms with van der Waals surface area (Å²) < 4.78 is 0. The molecule has 1 N–H and O–H groups in total. The Hall–Kier alpha value is -0.630. The van der Waals surface area contributed by atoms with E-state index in [1.807, 2.05) is 6.07 Å². The maximum atomic E-state index is 3.45. The second-order valence-electron chi connectivity index (χ2n) is 3.91. The molecule has 1 nitrogen and oxygen atoms in total. The molecule has 1 aromatic carbocycles. The van der Waals surface area contributed by atoms with Crippen LogP contribution in [0.25, 0.3) is 0 Å². The Bertz CT molecular complexity index is 260. The van der Waals surface area contributed by atoms with Gasteiger partial charge in [0.15, 0.2) is 0 Å². The van der Waals surface area contributed by atoms with Gasteiger partial charge >= 0.3 is 0 Å². The quantitative estimate of drug-likeness (QED) is 0.781. The second kappa shape index (κ2) is 6.78. The van der Waals surface area contributed by atoms with Crippen LogP contribution in [0.1, 0.15) is 27.2 Å². The van der Waals surface area contributed by atoms with E-state index in [1.165, 1.54) is 12.1 Å². The van der Waals surface area contributed by atoms with Crippen LogP contribution in [0.4, 0.5) is 5.69 Å². The third-order valence-electron chi connectivity index (χ3n) is 2.41. The number of benzene rings is 1. The van der Waals surface area contributed by atoms with Crippen molar-refractivity contribution in [3.05, 3.63) is 30.3 Å². The van der Waals surface area contributed by atoms with Crippen LogP contribution in [-0.2, 0) is 0 Å². The third kappa shape index (κ3) is 5.12. The Labute approximate surface area is 97.7 Å². The van der Waals surface area contributed by atoms with Gasteiger partial charge in [-0.3, -0.25) is 0 Å². The van der Waals surface area contributed by atoms with Crippen LogP contribution < -0.4 is 5.32 Å². The Morgan fingerprint density at radius 1 is 1.13 bits per heavy atom. The summed E-state index contributed by atoms with van der Waals surface area (Å²) in [5.74, 6) is 0. The fraction of sp³-hybridized carbons (Fsp3) is 0.538. The van der Waals surface area contributed by atoms with Crippen LogP contribution in [-0.4, -0.2) is 17.0 Å². The van der Waals surface area contributed by atoms with Crippen molar-refractivity contribution in [1.29, 1.82) is 0 Å². The molecule has 1 aromatic rings. The number of thioether (sulfide) groups is 1. The lowest BCUT2D eigenvalue weighted by Crippen LogP contribution is -2.15. The predicted molar refractivity (Wildman–Crippen MR) is 71.7 cm³/mol. The molecule has 0 aliphatic carbocycles. The van der Waals surface area contributed by atoms with E-state index < -0.39 is 0 Å². The topological polar surface area (TPSA) is 12.0 Å². The highest BCUT2D eigenvalue weighted by Gasteiger charge is 2.06. The molecule has 0 bridgehead atoms. The Balaban J connectivity index is 2.25. The molecule has 1 rings (SSSR count). The minimum Gasteiger partial charge on any atom is -0.384 e. The Morgan fingerprint density at radius 3 is 2.40 bits per heavy atom. The molecule has 0 aliphatic rings. The van der Waals surface area contributed by atoms with Crippen molar-refractivity contribution in [2.24, 2.45) is 0 Å². The summed E-state index contributed by atoms with van der Waals surface area (Å²) in [4.78, 5) is 0. The zero-order chi connectivity index (χ0) is 11.1. The van der Waals surface area contributed by atoms with Gasteiger partial charge in [-0.1, -0.05) is 39.0 Å². The minimum absolute atomic E-state index is 0.667. The lowest BCUT2D eigenvalue weighted by molar-refractivity contribution is 0.887. The van der Waals surface area contributed by atoms with E-state index in [4.69, 9.17) is 0 Å². The Morgan fingerprint density at radius 2 is 1.80 bits per heavy atom. The van der Waals surface area contributed by atoms with Crippen LogP contribution in [0.3, 0.4) is 0 Å². The van der Waals surface area contributed by atoms with E-state index in [1.54, 1.807) is 0 Å². The van der Waals surface area contributed by atoms with Crippen molar-refractivity contribution < 1.29 is 0 Å². The normalized spacial score (nSPS) is 14.6. The molecule has 0 saturated heterocycles. The first-order valence-electron chi connectivity index (χ1n) is 5.66. The number of hydrogen-bond donors (Lipinski definition) is 1. The largest absolute Gasteiger partial charge is 0.384 e. The van der Waals surface area contributed by atoms with Gasteiger partial charge in [0, 0.05) is 22.7 Å².